The van der Waals surface area contributed by atoms with Gasteiger partial charge < -0.3 is 15.0 Å². The standard InChI is InChI=1S/C32H32N4O/c1-5-15-33-19-27-18-28(24-8-6-7-23(3)16-24)29-17-26(13-14-30(29)35-27)32(37,31-20-34-21-36(31)4)25-11-9-22(2)10-12-25/h5-14,16-18,20-21,33,37H,1,15,19H2,2-4H3. The number of pyridine rings is 1. The molecule has 5 nitrogen and oxygen atoms in total. The van der Waals surface area contributed by atoms with E-state index in [4.69, 9.17) is 4.98 Å². The van der Waals surface area contributed by atoms with Crippen molar-refractivity contribution in [1.82, 2.24) is 19.9 Å². The van der Waals surface area contributed by atoms with Crippen LogP contribution in [0.15, 0.2) is 98.0 Å². The van der Waals surface area contributed by atoms with Crippen LogP contribution in [0, 0.1) is 13.8 Å². The maximum atomic E-state index is 12.4. The molecule has 1 atom stereocenters. The summed E-state index contributed by atoms with van der Waals surface area (Å²) in [6.45, 7) is 9.30. The lowest BCUT2D eigenvalue weighted by Crippen LogP contribution is -2.31. The minimum absolute atomic E-state index is 0.644. The van der Waals surface area contributed by atoms with Gasteiger partial charge in [0, 0.05) is 25.5 Å². The molecule has 5 rings (SSSR count). The zero-order valence-corrected chi connectivity index (χ0v) is 21.6. The van der Waals surface area contributed by atoms with E-state index < -0.39 is 5.60 Å². The first-order chi connectivity index (χ1) is 17.9. The van der Waals surface area contributed by atoms with Crippen molar-refractivity contribution in [3.05, 3.63) is 132 Å². The maximum Gasteiger partial charge on any atom is 0.156 e. The molecule has 37 heavy (non-hydrogen) atoms. The van der Waals surface area contributed by atoms with E-state index >= 15 is 0 Å². The lowest BCUT2D eigenvalue weighted by molar-refractivity contribution is 0.117. The van der Waals surface area contributed by atoms with E-state index in [1.54, 1.807) is 12.5 Å². The quantitative estimate of drug-likeness (QED) is 0.214. The summed E-state index contributed by atoms with van der Waals surface area (Å²) >= 11 is 0. The van der Waals surface area contributed by atoms with E-state index in [2.05, 4.69) is 60.2 Å². The molecular weight excluding hydrogens is 456 g/mol. The Bertz CT molecular complexity index is 1570. The highest BCUT2D eigenvalue weighted by molar-refractivity contribution is 5.95. The Morgan fingerprint density at radius 3 is 2.46 bits per heavy atom. The van der Waals surface area contributed by atoms with Crippen LogP contribution in [0.25, 0.3) is 22.0 Å². The van der Waals surface area contributed by atoms with E-state index in [1.165, 1.54) is 5.56 Å². The summed E-state index contributed by atoms with van der Waals surface area (Å²) in [6.07, 6.45) is 5.30. The third-order valence-corrected chi connectivity index (χ3v) is 6.86. The van der Waals surface area contributed by atoms with Crippen LogP contribution in [0.3, 0.4) is 0 Å². The number of aromatic nitrogens is 3. The summed E-state index contributed by atoms with van der Waals surface area (Å²) in [6, 6.07) is 24.7. The van der Waals surface area contributed by atoms with Gasteiger partial charge >= 0.3 is 0 Å². The monoisotopic (exact) mass is 488 g/mol. The fraction of sp³-hybridized carbons (Fsp3) is 0.188. The Morgan fingerprint density at radius 1 is 0.973 bits per heavy atom. The Morgan fingerprint density at radius 2 is 1.76 bits per heavy atom. The van der Waals surface area contributed by atoms with Gasteiger partial charge in [-0.2, -0.15) is 0 Å². The van der Waals surface area contributed by atoms with Crippen LogP contribution >= 0.6 is 0 Å². The second-order valence-electron chi connectivity index (χ2n) is 9.65. The molecule has 1 unspecified atom stereocenters. The molecule has 186 valence electrons. The molecule has 0 saturated heterocycles. The predicted molar refractivity (Wildman–Crippen MR) is 150 cm³/mol. The SMILES string of the molecule is C=CCNCc1cc(-c2cccc(C)c2)c2cc(C(O)(c3ccc(C)cc3)c3cncn3C)ccc2n1. The molecule has 2 N–H and O–H groups in total. The first-order valence-corrected chi connectivity index (χ1v) is 12.5. The van der Waals surface area contributed by atoms with Crippen molar-refractivity contribution in [2.75, 3.05) is 6.54 Å². The third kappa shape index (κ3) is 4.71. The van der Waals surface area contributed by atoms with Gasteiger partial charge in [-0.25, -0.2) is 4.98 Å². The van der Waals surface area contributed by atoms with E-state index in [-0.39, 0.29) is 0 Å². The summed E-state index contributed by atoms with van der Waals surface area (Å²) in [4.78, 5) is 9.26. The van der Waals surface area contributed by atoms with Crippen molar-refractivity contribution in [2.45, 2.75) is 26.0 Å². The lowest BCUT2D eigenvalue weighted by atomic mass is 9.82. The number of hydrogen-bond donors (Lipinski definition) is 2. The second-order valence-corrected chi connectivity index (χ2v) is 9.65. The molecule has 3 aromatic carbocycles. The van der Waals surface area contributed by atoms with Crippen molar-refractivity contribution in [1.29, 1.82) is 0 Å². The van der Waals surface area contributed by atoms with Crippen LogP contribution in [0.1, 0.15) is 33.6 Å². The second kappa shape index (κ2) is 10.1. The number of rotatable bonds is 8. The number of aliphatic hydroxyl groups is 1. The van der Waals surface area contributed by atoms with Crippen molar-refractivity contribution in [3.63, 3.8) is 0 Å². The zero-order valence-electron chi connectivity index (χ0n) is 21.6. The largest absolute Gasteiger partial charge is 0.374 e. The molecule has 2 aromatic heterocycles. The van der Waals surface area contributed by atoms with Crippen molar-refractivity contribution >= 4 is 10.9 Å². The molecule has 0 aliphatic rings. The van der Waals surface area contributed by atoms with Crippen molar-refractivity contribution in [3.8, 4) is 11.1 Å². The van der Waals surface area contributed by atoms with Crippen LogP contribution in [0.4, 0.5) is 0 Å². The van der Waals surface area contributed by atoms with Crippen LogP contribution in [-0.4, -0.2) is 26.2 Å². The van der Waals surface area contributed by atoms with Gasteiger partial charge in [0.05, 0.1) is 29.4 Å². The van der Waals surface area contributed by atoms with Crippen LogP contribution in [0.2, 0.25) is 0 Å². The minimum atomic E-state index is -1.39. The zero-order chi connectivity index (χ0) is 26.0. The fourth-order valence-corrected chi connectivity index (χ4v) is 4.91. The van der Waals surface area contributed by atoms with E-state index in [0.29, 0.717) is 18.8 Å². The first-order valence-electron chi connectivity index (χ1n) is 12.5. The summed E-state index contributed by atoms with van der Waals surface area (Å²) in [5.41, 5.74) is 7.24. The van der Waals surface area contributed by atoms with Crippen molar-refractivity contribution < 1.29 is 5.11 Å². The van der Waals surface area contributed by atoms with Gasteiger partial charge in [0.1, 0.15) is 0 Å². The Balaban J connectivity index is 1.75. The minimum Gasteiger partial charge on any atom is -0.374 e. The molecule has 0 fully saturated rings. The number of benzene rings is 3. The molecular formula is C32H32N4O. The van der Waals surface area contributed by atoms with E-state index in [1.807, 2.05) is 61.0 Å². The fourth-order valence-electron chi connectivity index (χ4n) is 4.91. The number of imidazole rings is 1. The van der Waals surface area contributed by atoms with Gasteiger partial charge in [-0.15, -0.1) is 6.58 Å². The number of fused-ring (bicyclic) bond motifs is 1. The van der Waals surface area contributed by atoms with Gasteiger partial charge in [0.25, 0.3) is 0 Å². The number of hydrogen-bond acceptors (Lipinski definition) is 4. The molecule has 0 saturated carbocycles. The third-order valence-electron chi connectivity index (χ3n) is 6.86. The number of nitrogens with one attached hydrogen (secondary N) is 1. The lowest BCUT2D eigenvalue weighted by Gasteiger charge is -2.30. The summed E-state index contributed by atoms with van der Waals surface area (Å²) in [5.74, 6) is 0. The summed E-state index contributed by atoms with van der Waals surface area (Å²) < 4.78 is 1.87. The molecule has 0 amide bonds. The maximum absolute atomic E-state index is 12.4. The van der Waals surface area contributed by atoms with Crippen LogP contribution in [-0.2, 0) is 19.2 Å². The molecule has 0 radical (unpaired) electrons. The van der Waals surface area contributed by atoms with Crippen LogP contribution < -0.4 is 5.32 Å². The Kier molecular flexibility index (Phi) is 6.74. The molecule has 0 aliphatic carbocycles. The summed E-state index contributed by atoms with van der Waals surface area (Å²) in [7, 11) is 1.91. The smallest absolute Gasteiger partial charge is 0.156 e. The Hall–Kier alpha value is -4.06. The molecule has 5 heteroatoms. The van der Waals surface area contributed by atoms with Gasteiger partial charge in [0.15, 0.2) is 5.60 Å². The van der Waals surface area contributed by atoms with Crippen molar-refractivity contribution in [2.24, 2.45) is 7.05 Å². The van der Waals surface area contributed by atoms with Crippen LogP contribution in [0.5, 0.6) is 0 Å². The highest BCUT2D eigenvalue weighted by Crippen LogP contribution is 2.39. The Labute approximate surface area is 218 Å². The number of nitrogens with zero attached hydrogens (tertiary/aromatic N) is 3. The topological polar surface area (TPSA) is 63.0 Å². The van der Waals surface area contributed by atoms with Gasteiger partial charge in [-0.05, 0) is 54.3 Å². The molecule has 2 heterocycles. The highest BCUT2D eigenvalue weighted by Gasteiger charge is 2.36. The highest BCUT2D eigenvalue weighted by atomic mass is 16.3. The van der Waals surface area contributed by atoms with Gasteiger partial charge in [0.2, 0.25) is 0 Å². The number of aryl methyl sites for hydroxylation is 3. The van der Waals surface area contributed by atoms with Gasteiger partial charge in [-0.1, -0.05) is 71.8 Å². The molecule has 0 aliphatic heterocycles. The molecule has 5 aromatic rings. The van der Waals surface area contributed by atoms with Gasteiger partial charge in [-0.3, -0.25) is 4.98 Å². The predicted octanol–water partition coefficient (Wildman–Crippen LogP) is 5.81. The average molecular weight is 489 g/mol. The summed E-state index contributed by atoms with van der Waals surface area (Å²) in [5, 5.41) is 16.8. The molecule has 0 spiro atoms. The molecule has 0 bridgehead atoms. The van der Waals surface area contributed by atoms with E-state index in [0.717, 1.165) is 44.4 Å². The first kappa shape index (κ1) is 24.6. The normalized spacial score (nSPS) is 13.0. The van der Waals surface area contributed by atoms with E-state index in [9.17, 15) is 5.11 Å². The average Bonchev–Trinajstić information content (AvgIpc) is 3.34.